The molecule has 1 saturated heterocycles. The summed E-state index contributed by atoms with van der Waals surface area (Å²) in [6.07, 6.45) is 3.07. The molecule has 0 spiro atoms. The zero-order valence-corrected chi connectivity index (χ0v) is 15.0. The Morgan fingerprint density at radius 3 is 2.31 bits per heavy atom. The van der Waals surface area contributed by atoms with Gasteiger partial charge < -0.3 is 5.32 Å². The Bertz CT molecular complexity index is 792. The van der Waals surface area contributed by atoms with Crippen molar-refractivity contribution in [1.82, 2.24) is 15.2 Å². The third kappa shape index (κ3) is 3.85. The van der Waals surface area contributed by atoms with Crippen molar-refractivity contribution in [3.05, 3.63) is 90.3 Å². The number of hydrogen-bond donors (Lipinski definition) is 1. The first-order valence-electron chi connectivity index (χ1n) is 9.43. The third-order valence-electron chi connectivity index (χ3n) is 5.04. The van der Waals surface area contributed by atoms with E-state index in [0.29, 0.717) is 0 Å². The zero-order valence-electron chi connectivity index (χ0n) is 15.0. The molecule has 4 rings (SSSR count). The molecule has 2 heterocycles. The highest BCUT2D eigenvalue weighted by Crippen LogP contribution is 2.29. The predicted octanol–water partition coefficient (Wildman–Crippen LogP) is 4.13. The van der Waals surface area contributed by atoms with Crippen molar-refractivity contribution < 1.29 is 0 Å². The van der Waals surface area contributed by atoms with Gasteiger partial charge >= 0.3 is 0 Å². The molecule has 1 aliphatic rings. The molecule has 1 unspecified atom stereocenters. The fourth-order valence-electron chi connectivity index (χ4n) is 3.72. The van der Waals surface area contributed by atoms with Crippen LogP contribution in [0.25, 0.3) is 11.1 Å². The summed E-state index contributed by atoms with van der Waals surface area (Å²) < 4.78 is 0. The van der Waals surface area contributed by atoms with Gasteiger partial charge in [-0.25, -0.2) is 0 Å². The standard InChI is InChI=1S/C23H25N3/c1-2-7-19(8-3-1)20-10-12-21(13-11-20)23(22-9-4-5-15-25-22)26-17-6-14-24-16-18-26/h1-5,7-13,15,23-24H,6,14,16-18H2. The Balaban J connectivity index is 1.67. The molecule has 0 aliphatic carbocycles. The number of rotatable bonds is 4. The summed E-state index contributed by atoms with van der Waals surface area (Å²) in [6, 6.07) is 26.0. The lowest BCUT2D eigenvalue weighted by Gasteiger charge is -2.30. The topological polar surface area (TPSA) is 28.2 Å². The maximum absolute atomic E-state index is 4.68. The summed E-state index contributed by atoms with van der Waals surface area (Å²) in [5.74, 6) is 0. The van der Waals surface area contributed by atoms with Crippen LogP contribution in [-0.2, 0) is 0 Å². The van der Waals surface area contributed by atoms with Crippen molar-refractivity contribution in [2.24, 2.45) is 0 Å². The minimum Gasteiger partial charge on any atom is -0.315 e. The van der Waals surface area contributed by atoms with Crippen molar-refractivity contribution in [3.8, 4) is 11.1 Å². The van der Waals surface area contributed by atoms with E-state index in [9.17, 15) is 0 Å². The maximum atomic E-state index is 4.68. The second-order valence-electron chi connectivity index (χ2n) is 6.78. The summed E-state index contributed by atoms with van der Waals surface area (Å²) in [6.45, 7) is 4.26. The van der Waals surface area contributed by atoms with Crippen molar-refractivity contribution in [3.63, 3.8) is 0 Å². The highest BCUT2D eigenvalue weighted by Gasteiger charge is 2.24. The average molecular weight is 343 g/mol. The van der Waals surface area contributed by atoms with E-state index in [2.05, 4.69) is 81.9 Å². The number of aromatic nitrogens is 1. The van der Waals surface area contributed by atoms with Gasteiger partial charge in [-0.2, -0.15) is 0 Å². The van der Waals surface area contributed by atoms with Gasteiger partial charge in [-0.15, -0.1) is 0 Å². The Labute approximate surface area is 155 Å². The van der Waals surface area contributed by atoms with Gasteiger partial charge in [0.25, 0.3) is 0 Å². The van der Waals surface area contributed by atoms with Crippen LogP contribution in [0.1, 0.15) is 23.7 Å². The summed E-state index contributed by atoms with van der Waals surface area (Å²) >= 11 is 0. The lowest BCUT2D eigenvalue weighted by Crippen LogP contribution is -2.33. The molecular weight excluding hydrogens is 318 g/mol. The minimum atomic E-state index is 0.209. The fourth-order valence-corrected chi connectivity index (χ4v) is 3.72. The van der Waals surface area contributed by atoms with Gasteiger partial charge in [0.15, 0.2) is 0 Å². The van der Waals surface area contributed by atoms with Crippen molar-refractivity contribution in [1.29, 1.82) is 0 Å². The highest BCUT2D eigenvalue weighted by molar-refractivity contribution is 5.63. The molecule has 132 valence electrons. The lowest BCUT2D eigenvalue weighted by atomic mass is 9.97. The number of nitrogens with zero attached hydrogens (tertiary/aromatic N) is 2. The van der Waals surface area contributed by atoms with Gasteiger partial charge in [0.05, 0.1) is 11.7 Å². The zero-order chi connectivity index (χ0) is 17.6. The summed E-state index contributed by atoms with van der Waals surface area (Å²) in [5, 5.41) is 3.50. The average Bonchev–Trinajstić information content (AvgIpc) is 3.00. The largest absolute Gasteiger partial charge is 0.315 e. The van der Waals surface area contributed by atoms with Crippen LogP contribution >= 0.6 is 0 Å². The van der Waals surface area contributed by atoms with Crippen LogP contribution in [0, 0.1) is 0 Å². The second-order valence-corrected chi connectivity index (χ2v) is 6.78. The molecular formula is C23H25N3. The van der Waals surface area contributed by atoms with Gasteiger partial charge in [-0.1, -0.05) is 60.7 Å². The molecule has 1 aliphatic heterocycles. The van der Waals surface area contributed by atoms with Gasteiger partial charge in [-0.05, 0) is 41.8 Å². The van der Waals surface area contributed by atoms with E-state index in [0.717, 1.165) is 31.9 Å². The molecule has 2 aromatic carbocycles. The third-order valence-corrected chi connectivity index (χ3v) is 5.04. The quantitative estimate of drug-likeness (QED) is 0.772. The number of benzene rings is 2. The molecule has 1 fully saturated rings. The van der Waals surface area contributed by atoms with Crippen LogP contribution < -0.4 is 5.32 Å². The summed E-state index contributed by atoms with van der Waals surface area (Å²) in [7, 11) is 0. The van der Waals surface area contributed by atoms with Crippen molar-refractivity contribution >= 4 is 0 Å². The van der Waals surface area contributed by atoms with E-state index in [-0.39, 0.29) is 6.04 Å². The molecule has 0 bridgehead atoms. The van der Waals surface area contributed by atoms with Gasteiger partial charge in [-0.3, -0.25) is 9.88 Å². The molecule has 1 atom stereocenters. The van der Waals surface area contributed by atoms with E-state index in [1.54, 1.807) is 0 Å². The second kappa shape index (κ2) is 8.26. The number of pyridine rings is 1. The monoisotopic (exact) mass is 343 g/mol. The van der Waals surface area contributed by atoms with Crippen LogP contribution in [0.5, 0.6) is 0 Å². The van der Waals surface area contributed by atoms with Crippen LogP contribution in [0.2, 0.25) is 0 Å². The van der Waals surface area contributed by atoms with Gasteiger partial charge in [0, 0.05) is 25.8 Å². The Morgan fingerprint density at radius 1 is 0.769 bits per heavy atom. The van der Waals surface area contributed by atoms with Crippen LogP contribution in [0.3, 0.4) is 0 Å². The Hall–Kier alpha value is -2.49. The SMILES string of the molecule is c1ccc(-c2ccc(C(c3ccccn3)N3CCCNCC3)cc2)cc1. The Morgan fingerprint density at radius 2 is 1.54 bits per heavy atom. The van der Waals surface area contributed by atoms with E-state index >= 15 is 0 Å². The molecule has 0 saturated carbocycles. The van der Waals surface area contributed by atoms with Crippen molar-refractivity contribution in [2.75, 3.05) is 26.2 Å². The molecule has 3 aromatic rings. The maximum Gasteiger partial charge on any atom is 0.0776 e. The van der Waals surface area contributed by atoms with Gasteiger partial charge in [0.1, 0.15) is 0 Å². The highest BCUT2D eigenvalue weighted by atomic mass is 15.2. The molecule has 1 N–H and O–H groups in total. The molecule has 1 aromatic heterocycles. The van der Waals surface area contributed by atoms with E-state index in [4.69, 9.17) is 0 Å². The van der Waals surface area contributed by atoms with Crippen molar-refractivity contribution in [2.45, 2.75) is 12.5 Å². The molecule has 3 nitrogen and oxygen atoms in total. The lowest BCUT2D eigenvalue weighted by molar-refractivity contribution is 0.237. The Kier molecular flexibility index (Phi) is 5.38. The molecule has 26 heavy (non-hydrogen) atoms. The van der Waals surface area contributed by atoms with Crippen LogP contribution in [-0.4, -0.2) is 36.1 Å². The van der Waals surface area contributed by atoms with E-state index in [1.807, 2.05) is 12.3 Å². The molecule has 0 radical (unpaired) electrons. The van der Waals surface area contributed by atoms with Crippen LogP contribution in [0.15, 0.2) is 79.0 Å². The first-order valence-corrected chi connectivity index (χ1v) is 9.43. The normalized spacial score (nSPS) is 16.8. The fraction of sp³-hybridized carbons (Fsp3) is 0.261. The van der Waals surface area contributed by atoms with E-state index < -0.39 is 0 Å². The van der Waals surface area contributed by atoms with E-state index in [1.165, 1.54) is 23.1 Å². The van der Waals surface area contributed by atoms with Gasteiger partial charge in [0.2, 0.25) is 0 Å². The van der Waals surface area contributed by atoms with Crippen LogP contribution in [0.4, 0.5) is 0 Å². The molecule has 3 heteroatoms. The predicted molar refractivity (Wildman–Crippen MR) is 107 cm³/mol. The number of nitrogens with one attached hydrogen (secondary N) is 1. The summed E-state index contributed by atoms with van der Waals surface area (Å²) in [4.78, 5) is 7.24. The first-order chi connectivity index (χ1) is 12.9. The summed E-state index contributed by atoms with van der Waals surface area (Å²) in [5.41, 5.74) is 4.95. The minimum absolute atomic E-state index is 0.209. The number of hydrogen-bond acceptors (Lipinski definition) is 3. The smallest absolute Gasteiger partial charge is 0.0776 e. The first kappa shape index (κ1) is 17.0. The molecule has 0 amide bonds.